The van der Waals surface area contributed by atoms with Crippen molar-refractivity contribution in [1.29, 1.82) is 0 Å². The predicted octanol–water partition coefficient (Wildman–Crippen LogP) is 3.61. The van der Waals surface area contributed by atoms with Crippen LogP contribution in [-0.4, -0.2) is 26.6 Å². The van der Waals surface area contributed by atoms with E-state index in [4.69, 9.17) is 4.42 Å². The third-order valence-electron chi connectivity index (χ3n) is 4.78. The highest BCUT2D eigenvalue weighted by atomic mass is 16.3. The number of amides is 1. The number of fused-ring (bicyclic) bond motifs is 1. The van der Waals surface area contributed by atoms with Crippen LogP contribution in [0.2, 0.25) is 0 Å². The van der Waals surface area contributed by atoms with Gasteiger partial charge in [0.15, 0.2) is 5.58 Å². The first kappa shape index (κ1) is 17.1. The second-order valence-corrected chi connectivity index (χ2v) is 6.62. The molecule has 0 saturated carbocycles. The molecule has 0 aliphatic carbocycles. The molecule has 4 rings (SSSR count). The molecule has 6 heteroatoms. The lowest BCUT2D eigenvalue weighted by molar-refractivity contribution is 0.0944. The Bertz CT molecular complexity index is 1040. The zero-order valence-electron chi connectivity index (χ0n) is 15.3. The van der Waals surface area contributed by atoms with Crippen LogP contribution < -0.4 is 5.32 Å². The number of furan rings is 1. The van der Waals surface area contributed by atoms with Gasteiger partial charge in [0.25, 0.3) is 5.91 Å². The van der Waals surface area contributed by atoms with Gasteiger partial charge in [-0.05, 0) is 24.5 Å². The smallest absolute Gasteiger partial charge is 0.268 e. The van der Waals surface area contributed by atoms with Crippen molar-refractivity contribution in [3.63, 3.8) is 0 Å². The van der Waals surface area contributed by atoms with Crippen LogP contribution >= 0.6 is 0 Å². The average Bonchev–Trinajstić information content (AvgIpc) is 3.39. The van der Waals surface area contributed by atoms with E-state index >= 15 is 0 Å². The fourth-order valence-electron chi connectivity index (χ4n) is 3.27. The first-order chi connectivity index (χ1) is 13.2. The summed E-state index contributed by atoms with van der Waals surface area (Å²) < 4.78 is 9.54. The van der Waals surface area contributed by atoms with E-state index in [-0.39, 0.29) is 5.91 Å². The molecule has 6 nitrogen and oxygen atoms in total. The molecule has 0 fully saturated rings. The van der Waals surface area contributed by atoms with Crippen molar-refractivity contribution in [2.75, 3.05) is 6.54 Å². The number of carbonyl (C=O) groups is 1. The second kappa shape index (κ2) is 7.53. The lowest BCUT2D eigenvalue weighted by atomic mass is 10.1. The van der Waals surface area contributed by atoms with E-state index in [9.17, 15) is 4.79 Å². The average molecular weight is 362 g/mol. The number of nitrogens with one attached hydrogen (secondary N) is 1. The summed E-state index contributed by atoms with van der Waals surface area (Å²) in [5.41, 5.74) is 4.67. The Morgan fingerprint density at radius 2 is 2.15 bits per heavy atom. The van der Waals surface area contributed by atoms with Crippen LogP contribution in [0.3, 0.4) is 0 Å². The summed E-state index contributed by atoms with van der Waals surface area (Å²) in [6.07, 6.45) is 7.96. The summed E-state index contributed by atoms with van der Waals surface area (Å²) in [6, 6.07) is 11.9. The summed E-state index contributed by atoms with van der Waals surface area (Å²) in [6.45, 7) is 4.15. The lowest BCUT2D eigenvalue weighted by Gasteiger charge is -2.12. The quantitative estimate of drug-likeness (QED) is 0.511. The Kier molecular flexibility index (Phi) is 4.78. The molecular weight excluding hydrogens is 340 g/mol. The number of hydrogen-bond acceptors (Lipinski definition) is 3. The number of aromatic nitrogens is 3. The van der Waals surface area contributed by atoms with Gasteiger partial charge in [-0.3, -0.25) is 4.79 Å². The number of rotatable bonds is 7. The van der Waals surface area contributed by atoms with Gasteiger partial charge in [-0.2, -0.15) is 0 Å². The van der Waals surface area contributed by atoms with Crippen molar-refractivity contribution in [2.45, 2.75) is 26.4 Å². The molecule has 138 valence electrons. The normalized spacial score (nSPS) is 11.1. The molecule has 0 spiro atoms. The Labute approximate surface area is 157 Å². The van der Waals surface area contributed by atoms with Crippen LogP contribution in [0.4, 0.5) is 0 Å². The molecular formula is C21H22N4O2. The van der Waals surface area contributed by atoms with Gasteiger partial charge < -0.3 is 18.9 Å². The first-order valence-electron chi connectivity index (χ1n) is 9.07. The maximum atomic E-state index is 12.8. The third kappa shape index (κ3) is 3.65. The maximum Gasteiger partial charge on any atom is 0.268 e. The van der Waals surface area contributed by atoms with Crippen molar-refractivity contribution in [3.8, 4) is 0 Å². The molecule has 1 amide bonds. The van der Waals surface area contributed by atoms with Crippen molar-refractivity contribution in [3.05, 3.63) is 78.2 Å². The minimum atomic E-state index is -0.0828. The number of aryl methyl sites for hydroxylation is 2. The van der Waals surface area contributed by atoms with Crippen LogP contribution in [0.15, 0.2) is 65.8 Å². The Hall–Kier alpha value is -3.28. The Balaban J connectivity index is 1.50. The van der Waals surface area contributed by atoms with E-state index in [0.29, 0.717) is 18.8 Å². The minimum Gasteiger partial charge on any atom is -0.463 e. The van der Waals surface area contributed by atoms with Gasteiger partial charge in [0.05, 0.1) is 18.1 Å². The van der Waals surface area contributed by atoms with Gasteiger partial charge in [-0.1, -0.05) is 24.3 Å². The first-order valence-corrected chi connectivity index (χ1v) is 9.07. The molecule has 3 heterocycles. The predicted molar refractivity (Wildman–Crippen MR) is 104 cm³/mol. The van der Waals surface area contributed by atoms with Gasteiger partial charge >= 0.3 is 0 Å². The fraction of sp³-hybridized carbons (Fsp3) is 0.238. The van der Waals surface area contributed by atoms with Crippen molar-refractivity contribution in [1.82, 2.24) is 19.4 Å². The number of benzene rings is 1. The van der Waals surface area contributed by atoms with Crippen LogP contribution in [-0.2, 0) is 13.1 Å². The van der Waals surface area contributed by atoms with Crippen LogP contribution in [0.25, 0.3) is 11.1 Å². The van der Waals surface area contributed by atoms with Gasteiger partial charge in [0.1, 0.15) is 5.69 Å². The molecule has 1 aromatic carbocycles. The summed E-state index contributed by atoms with van der Waals surface area (Å²) in [7, 11) is 0. The zero-order valence-corrected chi connectivity index (χ0v) is 15.3. The van der Waals surface area contributed by atoms with E-state index < -0.39 is 0 Å². The zero-order chi connectivity index (χ0) is 18.6. The fourth-order valence-corrected chi connectivity index (χ4v) is 3.27. The van der Waals surface area contributed by atoms with E-state index in [1.807, 2.05) is 39.6 Å². The molecule has 0 atom stereocenters. The minimum absolute atomic E-state index is 0.0828. The highest BCUT2D eigenvalue weighted by Crippen LogP contribution is 2.23. The molecule has 1 N–H and O–H groups in total. The number of carbonyl (C=O) groups excluding carboxylic acids is 1. The molecule has 0 aliphatic rings. The van der Waals surface area contributed by atoms with E-state index in [1.54, 1.807) is 18.8 Å². The molecule has 0 aliphatic heterocycles. The highest BCUT2D eigenvalue weighted by Gasteiger charge is 2.17. The standard InChI is InChI=1S/C21H22N4O2/c1-16-5-2-3-6-17(16)14-25-18-7-12-27-20(18)13-19(25)21(26)23-8-4-10-24-11-9-22-15-24/h2-3,5-7,9,11-13,15H,4,8,10,14H2,1H3,(H,23,26). The topological polar surface area (TPSA) is 65.0 Å². The Morgan fingerprint density at radius 3 is 2.96 bits per heavy atom. The third-order valence-corrected chi connectivity index (χ3v) is 4.78. The SMILES string of the molecule is Cc1ccccc1Cn1c(C(=O)NCCCn2ccnc2)cc2occc21. The number of nitrogens with zero attached hydrogens (tertiary/aromatic N) is 3. The van der Waals surface area contributed by atoms with Gasteiger partial charge in [-0.15, -0.1) is 0 Å². The summed E-state index contributed by atoms with van der Waals surface area (Å²) in [4.78, 5) is 16.8. The van der Waals surface area contributed by atoms with E-state index in [0.717, 1.165) is 24.1 Å². The van der Waals surface area contributed by atoms with Crippen molar-refractivity contribution < 1.29 is 9.21 Å². The molecule has 27 heavy (non-hydrogen) atoms. The summed E-state index contributed by atoms with van der Waals surface area (Å²) in [5.74, 6) is -0.0828. The lowest BCUT2D eigenvalue weighted by Crippen LogP contribution is -2.27. The van der Waals surface area contributed by atoms with E-state index in [1.165, 1.54) is 11.1 Å². The molecule has 4 aromatic rings. The van der Waals surface area contributed by atoms with Gasteiger partial charge in [0.2, 0.25) is 0 Å². The van der Waals surface area contributed by atoms with Gasteiger partial charge in [-0.25, -0.2) is 4.98 Å². The largest absolute Gasteiger partial charge is 0.463 e. The van der Waals surface area contributed by atoms with Crippen molar-refractivity contribution in [2.24, 2.45) is 0 Å². The van der Waals surface area contributed by atoms with Crippen LogP contribution in [0.5, 0.6) is 0 Å². The highest BCUT2D eigenvalue weighted by molar-refractivity contribution is 5.97. The molecule has 0 unspecified atom stereocenters. The van der Waals surface area contributed by atoms with Crippen molar-refractivity contribution >= 4 is 17.0 Å². The second-order valence-electron chi connectivity index (χ2n) is 6.62. The molecule has 0 saturated heterocycles. The van der Waals surface area contributed by atoms with Crippen LogP contribution in [0, 0.1) is 6.92 Å². The number of imidazole rings is 1. The summed E-state index contributed by atoms with van der Waals surface area (Å²) in [5, 5.41) is 3.02. The molecule has 0 bridgehead atoms. The maximum absolute atomic E-state index is 12.8. The van der Waals surface area contributed by atoms with E-state index in [2.05, 4.69) is 29.4 Å². The monoisotopic (exact) mass is 362 g/mol. The number of hydrogen-bond donors (Lipinski definition) is 1. The van der Waals surface area contributed by atoms with Crippen LogP contribution in [0.1, 0.15) is 28.0 Å². The summed E-state index contributed by atoms with van der Waals surface area (Å²) >= 11 is 0. The Morgan fingerprint density at radius 1 is 1.26 bits per heavy atom. The molecule has 0 radical (unpaired) electrons. The van der Waals surface area contributed by atoms with Gasteiger partial charge in [0, 0.05) is 44.2 Å². The molecule has 3 aromatic heterocycles.